The minimum absolute atomic E-state index is 0.267. The Labute approximate surface area is 73.9 Å². The third-order valence-electron chi connectivity index (χ3n) is 1.95. The summed E-state index contributed by atoms with van der Waals surface area (Å²) in [6.07, 6.45) is -4.27. The molecule has 0 bridgehead atoms. The standard InChI is InChI=1S/C6H12N2O5/c9-1-2-3(10)4(11)5(12)6(7-2)8-13/h2-5,9-13H,1H2,(H,7,8)/t2-,3-,4+,5-/m1/s1. The molecule has 1 aliphatic heterocycles. The van der Waals surface area contributed by atoms with Gasteiger partial charge >= 0.3 is 0 Å². The van der Waals surface area contributed by atoms with Crippen LogP contribution in [0.5, 0.6) is 0 Å². The molecular formula is C6H12N2O5. The SMILES string of the molecule is OC[C@H]1N=C(NO)[C@H](O)[C@@H](O)[C@@H]1O. The summed E-state index contributed by atoms with van der Waals surface area (Å²) in [6.45, 7) is -0.476. The molecule has 76 valence electrons. The Kier molecular flexibility index (Phi) is 3.17. The highest BCUT2D eigenvalue weighted by molar-refractivity contribution is 5.87. The van der Waals surface area contributed by atoms with Crippen LogP contribution in [0.2, 0.25) is 0 Å². The molecule has 0 aromatic carbocycles. The van der Waals surface area contributed by atoms with Gasteiger partial charge in [-0.2, -0.15) is 0 Å². The molecule has 0 unspecified atom stereocenters. The Hall–Kier alpha value is -0.730. The molecule has 0 aromatic rings. The first-order valence-electron chi connectivity index (χ1n) is 3.74. The molecule has 0 amide bonds. The zero-order chi connectivity index (χ0) is 10.0. The molecule has 6 N–H and O–H groups in total. The van der Waals surface area contributed by atoms with E-state index in [2.05, 4.69) is 4.99 Å². The summed E-state index contributed by atoms with van der Waals surface area (Å²) < 4.78 is 0. The minimum Gasteiger partial charge on any atom is -0.394 e. The average molecular weight is 192 g/mol. The van der Waals surface area contributed by atoms with Crippen molar-refractivity contribution in [3.05, 3.63) is 0 Å². The van der Waals surface area contributed by atoms with E-state index in [9.17, 15) is 15.3 Å². The third kappa shape index (κ3) is 1.79. The third-order valence-corrected chi connectivity index (χ3v) is 1.95. The number of hydrogen-bond donors (Lipinski definition) is 6. The zero-order valence-corrected chi connectivity index (χ0v) is 6.70. The highest BCUT2D eigenvalue weighted by Gasteiger charge is 2.38. The van der Waals surface area contributed by atoms with Crippen LogP contribution >= 0.6 is 0 Å². The maximum atomic E-state index is 9.23. The summed E-state index contributed by atoms with van der Waals surface area (Å²) >= 11 is 0. The first-order chi connectivity index (χ1) is 6.11. The van der Waals surface area contributed by atoms with Crippen LogP contribution in [0.1, 0.15) is 0 Å². The summed E-state index contributed by atoms with van der Waals surface area (Å²) in [7, 11) is 0. The molecule has 4 atom stereocenters. The van der Waals surface area contributed by atoms with Crippen LogP contribution < -0.4 is 5.48 Å². The predicted molar refractivity (Wildman–Crippen MR) is 41.3 cm³/mol. The van der Waals surface area contributed by atoms with Crippen molar-refractivity contribution in [2.45, 2.75) is 24.4 Å². The highest BCUT2D eigenvalue weighted by Crippen LogP contribution is 2.14. The van der Waals surface area contributed by atoms with Crippen LogP contribution in [0, 0.1) is 0 Å². The van der Waals surface area contributed by atoms with Crippen LogP contribution in [0.15, 0.2) is 4.99 Å². The Morgan fingerprint density at radius 3 is 2.31 bits per heavy atom. The number of aliphatic hydroxyl groups excluding tert-OH is 4. The van der Waals surface area contributed by atoms with Gasteiger partial charge < -0.3 is 20.4 Å². The number of aliphatic hydroxyl groups is 4. The molecule has 1 aliphatic rings. The summed E-state index contributed by atoms with van der Waals surface area (Å²) in [4.78, 5) is 3.58. The van der Waals surface area contributed by atoms with E-state index in [4.69, 9.17) is 10.3 Å². The van der Waals surface area contributed by atoms with Crippen LogP contribution in [0.4, 0.5) is 0 Å². The molecule has 0 aromatic heterocycles. The van der Waals surface area contributed by atoms with Gasteiger partial charge in [0.05, 0.1) is 6.61 Å². The lowest BCUT2D eigenvalue weighted by atomic mass is 9.97. The number of nitrogens with one attached hydrogen (secondary N) is 1. The van der Waals surface area contributed by atoms with E-state index in [0.29, 0.717) is 0 Å². The molecule has 7 heteroatoms. The Bertz CT molecular complexity index is 209. The second-order valence-electron chi connectivity index (χ2n) is 2.80. The predicted octanol–water partition coefficient (Wildman–Crippen LogP) is -3.18. The smallest absolute Gasteiger partial charge is 0.153 e. The number of rotatable bonds is 1. The van der Waals surface area contributed by atoms with E-state index in [-0.39, 0.29) is 5.84 Å². The number of hydrogen-bond acceptors (Lipinski definition) is 7. The van der Waals surface area contributed by atoms with Crippen molar-refractivity contribution in [3.8, 4) is 0 Å². The first-order valence-corrected chi connectivity index (χ1v) is 3.74. The van der Waals surface area contributed by atoms with Gasteiger partial charge in [-0.15, -0.1) is 0 Å². The highest BCUT2D eigenvalue weighted by atomic mass is 16.5. The van der Waals surface area contributed by atoms with E-state index in [1.165, 1.54) is 0 Å². The van der Waals surface area contributed by atoms with E-state index in [1.54, 1.807) is 5.48 Å². The largest absolute Gasteiger partial charge is 0.394 e. The van der Waals surface area contributed by atoms with Gasteiger partial charge in [-0.1, -0.05) is 0 Å². The number of aliphatic imine (C=N–C) groups is 1. The maximum absolute atomic E-state index is 9.23. The lowest BCUT2D eigenvalue weighted by Crippen LogP contribution is -2.55. The first kappa shape index (κ1) is 10.4. The molecule has 13 heavy (non-hydrogen) atoms. The molecule has 1 rings (SSSR count). The van der Waals surface area contributed by atoms with Gasteiger partial charge in [0, 0.05) is 0 Å². The van der Waals surface area contributed by atoms with Gasteiger partial charge in [0.2, 0.25) is 0 Å². The maximum Gasteiger partial charge on any atom is 0.153 e. The second kappa shape index (κ2) is 3.99. The summed E-state index contributed by atoms with van der Waals surface area (Å²) in [5.74, 6) is -0.267. The van der Waals surface area contributed by atoms with Crippen LogP contribution in [-0.4, -0.2) is 62.4 Å². The van der Waals surface area contributed by atoms with Crippen molar-refractivity contribution < 1.29 is 25.6 Å². The summed E-state index contributed by atoms with van der Waals surface area (Å²) in [5, 5.41) is 44.8. The molecule has 0 spiro atoms. The van der Waals surface area contributed by atoms with Crippen molar-refractivity contribution in [1.82, 2.24) is 5.48 Å². The molecule has 7 nitrogen and oxygen atoms in total. The molecule has 0 aliphatic carbocycles. The number of amidine groups is 1. The molecule has 0 saturated heterocycles. The van der Waals surface area contributed by atoms with Gasteiger partial charge in [-0.25, -0.2) is 0 Å². The Balaban J connectivity index is 2.86. The summed E-state index contributed by atoms with van der Waals surface area (Å²) in [5.41, 5.74) is 1.59. The monoisotopic (exact) mass is 192 g/mol. The van der Waals surface area contributed by atoms with E-state index >= 15 is 0 Å². The van der Waals surface area contributed by atoms with Crippen molar-refractivity contribution in [1.29, 1.82) is 0 Å². The number of nitrogens with zero attached hydrogens (tertiary/aromatic N) is 1. The quantitative estimate of drug-likeness (QED) is 0.243. The van der Waals surface area contributed by atoms with Gasteiger partial charge in [0.1, 0.15) is 24.4 Å². The van der Waals surface area contributed by atoms with Gasteiger partial charge in [-0.3, -0.25) is 15.7 Å². The van der Waals surface area contributed by atoms with E-state index in [1.807, 2.05) is 0 Å². The van der Waals surface area contributed by atoms with Crippen LogP contribution in [0.3, 0.4) is 0 Å². The van der Waals surface area contributed by atoms with Crippen molar-refractivity contribution in [2.24, 2.45) is 4.99 Å². The summed E-state index contributed by atoms with van der Waals surface area (Å²) in [6, 6.07) is -0.937. The fraction of sp³-hybridized carbons (Fsp3) is 0.833. The molecule has 0 saturated carbocycles. The molecule has 1 heterocycles. The lowest BCUT2D eigenvalue weighted by molar-refractivity contribution is -0.0622. The molecular weight excluding hydrogens is 180 g/mol. The van der Waals surface area contributed by atoms with Gasteiger partial charge in [0.15, 0.2) is 5.84 Å². The van der Waals surface area contributed by atoms with E-state index < -0.39 is 31.0 Å². The normalized spacial score (nSPS) is 39.9. The van der Waals surface area contributed by atoms with E-state index in [0.717, 1.165) is 0 Å². The van der Waals surface area contributed by atoms with Gasteiger partial charge in [0.25, 0.3) is 0 Å². The fourth-order valence-electron chi connectivity index (χ4n) is 1.15. The second-order valence-corrected chi connectivity index (χ2v) is 2.80. The van der Waals surface area contributed by atoms with Crippen LogP contribution in [0.25, 0.3) is 0 Å². The number of hydroxylamine groups is 1. The zero-order valence-electron chi connectivity index (χ0n) is 6.70. The van der Waals surface area contributed by atoms with Crippen molar-refractivity contribution in [2.75, 3.05) is 6.61 Å². The topological polar surface area (TPSA) is 126 Å². The molecule has 0 radical (unpaired) electrons. The van der Waals surface area contributed by atoms with Crippen molar-refractivity contribution >= 4 is 5.84 Å². The minimum atomic E-state index is -1.47. The Morgan fingerprint density at radius 2 is 1.85 bits per heavy atom. The Morgan fingerprint density at radius 1 is 1.23 bits per heavy atom. The lowest BCUT2D eigenvalue weighted by Gasteiger charge is -2.31. The van der Waals surface area contributed by atoms with Gasteiger partial charge in [-0.05, 0) is 0 Å². The van der Waals surface area contributed by atoms with Crippen LogP contribution in [-0.2, 0) is 0 Å². The van der Waals surface area contributed by atoms with Crippen molar-refractivity contribution in [3.63, 3.8) is 0 Å². The molecule has 0 fully saturated rings. The fourth-order valence-corrected chi connectivity index (χ4v) is 1.15. The average Bonchev–Trinajstić information content (AvgIpc) is 2.15.